The van der Waals surface area contributed by atoms with Crippen molar-refractivity contribution in [3.8, 4) is 0 Å². The molecule has 0 bridgehead atoms. The zero-order valence-electron chi connectivity index (χ0n) is 3.89. The van der Waals surface area contributed by atoms with E-state index in [2.05, 4.69) is 0 Å². The van der Waals surface area contributed by atoms with Gasteiger partial charge in [-0.1, -0.05) is 0 Å². The van der Waals surface area contributed by atoms with Crippen molar-refractivity contribution in [1.82, 2.24) is 0 Å². The molecule has 0 heterocycles. The van der Waals surface area contributed by atoms with E-state index in [-0.39, 0.29) is 5.60 Å². The third-order valence-corrected chi connectivity index (χ3v) is 1.89. The molecule has 0 saturated heterocycles. The fourth-order valence-electron chi connectivity index (χ4n) is 0.945. The third-order valence-electron chi connectivity index (χ3n) is 1.89. The second kappa shape index (κ2) is 0.703. The van der Waals surface area contributed by atoms with Gasteiger partial charge in [0.1, 0.15) is 5.60 Å². The van der Waals surface area contributed by atoms with Crippen molar-refractivity contribution in [1.29, 1.82) is 0 Å². The molecule has 2 saturated carbocycles. The minimum atomic E-state index is 0.0990. The average Bonchev–Trinajstić information content (AvgIpc) is 2.22. The lowest BCUT2D eigenvalue weighted by molar-refractivity contribution is -0.132. The molecule has 2 rings (SSSR count). The maximum absolute atomic E-state index is 9.66. The Morgan fingerprint density at radius 2 is 2.29 bits per heavy atom. The van der Waals surface area contributed by atoms with E-state index in [1.54, 1.807) is 0 Å². The first kappa shape index (κ1) is 3.47. The number of rotatable bonds is 2. The lowest BCUT2D eigenvalue weighted by atomic mass is 10.4. The van der Waals surface area contributed by atoms with Crippen LogP contribution in [0.25, 0.3) is 0 Å². The van der Waals surface area contributed by atoms with Crippen molar-refractivity contribution in [3.63, 3.8) is 0 Å². The molecule has 0 atom stereocenters. The largest absolute Gasteiger partial charge is 0.461 e. The van der Waals surface area contributed by atoms with Crippen molar-refractivity contribution in [2.45, 2.75) is 18.4 Å². The van der Waals surface area contributed by atoms with Crippen LogP contribution in [0.15, 0.2) is 0 Å². The molecule has 0 spiro atoms. The first-order chi connectivity index (χ1) is 3.37. The molecule has 0 amide bonds. The summed E-state index contributed by atoms with van der Waals surface area (Å²) in [5.41, 5.74) is 0.0990. The summed E-state index contributed by atoms with van der Waals surface area (Å²) in [7, 11) is 0. The maximum Gasteiger partial charge on any atom is 0.293 e. The molecule has 0 radical (unpaired) electrons. The van der Waals surface area contributed by atoms with E-state index in [4.69, 9.17) is 4.74 Å². The standard InChI is InChI=1S/C5H6O2/c6-3-7-5-1-4(5)2-5/h3-4H,1-2H2. The normalized spacial score (nSPS) is 52.3. The van der Waals surface area contributed by atoms with Gasteiger partial charge in [-0.2, -0.15) is 0 Å². The van der Waals surface area contributed by atoms with Crippen LogP contribution in [0.4, 0.5) is 0 Å². The van der Waals surface area contributed by atoms with Gasteiger partial charge >= 0.3 is 0 Å². The van der Waals surface area contributed by atoms with Crippen LogP contribution in [0.2, 0.25) is 0 Å². The molecule has 0 aromatic heterocycles. The Labute approximate surface area is 41.5 Å². The second-order valence-corrected chi connectivity index (χ2v) is 2.38. The van der Waals surface area contributed by atoms with E-state index in [0.717, 1.165) is 18.8 Å². The minimum absolute atomic E-state index is 0.0990. The Balaban J connectivity index is 1.97. The van der Waals surface area contributed by atoms with Crippen LogP contribution in [-0.4, -0.2) is 12.1 Å². The Hall–Kier alpha value is -0.530. The summed E-state index contributed by atoms with van der Waals surface area (Å²) >= 11 is 0. The first-order valence-corrected chi connectivity index (χ1v) is 2.49. The van der Waals surface area contributed by atoms with Crippen LogP contribution in [-0.2, 0) is 9.53 Å². The quantitative estimate of drug-likeness (QED) is 0.465. The van der Waals surface area contributed by atoms with Gasteiger partial charge < -0.3 is 4.74 Å². The highest BCUT2D eigenvalue weighted by atomic mass is 16.6. The first-order valence-electron chi connectivity index (χ1n) is 2.49. The van der Waals surface area contributed by atoms with Crippen LogP contribution in [0, 0.1) is 5.92 Å². The van der Waals surface area contributed by atoms with Gasteiger partial charge in [0.2, 0.25) is 0 Å². The fourth-order valence-corrected chi connectivity index (χ4v) is 0.945. The van der Waals surface area contributed by atoms with E-state index in [0.29, 0.717) is 6.47 Å². The van der Waals surface area contributed by atoms with Crippen molar-refractivity contribution < 1.29 is 9.53 Å². The fraction of sp³-hybridized carbons (Fsp3) is 0.800. The number of hydrogen-bond donors (Lipinski definition) is 0. The molecule has 2 fully saturated rings. The number of carbonyl (C=O) groups is 1. The van der Waals surface area contributed by atoms with Crippen LogP contribution >= 0.6 is 0 Å². The van der Waals surface area contributed by atoms with Gasteiger partial charge in [-0.25, -0.2) is 0 Å². The molecule has 0 unspecified atom stereocenters. The third kappa shape index (κ3) is 0.275. The molecule has 0 aromatic carbocycles. The van der Waals surface area contributed by atoms with E-state index in [9.17, 15) is 4.79 Å². The number of carbonyl (C=O) groups excluding carboxylic acids is 1. The van der Waals surface area contributed by atoms with Crippen molar-refractivity contribution in [2.24, 2.45) is 5.92 Å². The molecule has 7 heavy (non-hydrogen) atoms. The van der Waals surface area contributed by atoms with Gasteiger partial charge in [0, 0.05) is 5.92 Å². The summed E-state index contributed by atoms with van der Waals surface area (Å²) in [6.07, 6.45) is 2.26. The average molecular weight is 98.1 g/mol. The molecule has 2 aliphatic rings. The van der Waals surface area contributed by atoms with Gasteiger partial charge in [0.15, 0.2) is 0 Å². The summed E-state index contributed by atoms with van der Waals surface area (Å²) in [5.74, 6) is 0.762. The minimum Gasteiger partial charge on any atom is -0.461 e. The summed E-state index contributed by atoms with van der Waals surface area (Å²) in [6, 6.07) is 0. The topological polar surface area (TPSA) is 26.3 Å². The summed E-state index contributed by atoms with van der Waals surface area (Å²) in [4.78, 5) is 9.66. The van der Waals surface area contributed by atoms with Crippen LogP contribution < -0.4 is 0 Å². The van der Waals surface area contributed by atoms with Gasteiger partial charge in [0.25, 0.3) is 6.47 Å². The smallest absolute Gasteiger partial charge is 0.293 e. The molecular formula is C5H6O2. The number of ether oxygens (including phenoxy) is 1. The molecule has 2 aliphatic carbocycles. The molecule has 2 heteroatoms. The lowest BCUT2D eigenvalue weighted by Crippen LogP contribution is -1.98. The number of fused-ring (bicyclic) bond motifs is 1. The highest BCUT2D eigenvalue weighted by Gasteiger charge is 2.73. The highest BCUT2D eigenvalue weighted by Crippen LogP contribution is 2.69. The number of hydrogen-bond acceptors (Lipinski definition) is 2. The van der Waals surface area contributed by atoms with Crippen LogP contribution in [0.5, 0.6) is 0 Å². The summed E-state index contributed by atoms with van der Waals surface area (Å²) in [5, 5.41) is 0. The van der Waals surface area contributed by atoms with Crippen molar-refractivity contribution in [3.05, 3.63) is 0 Å². The van der Waals surface area contributed by atoms with Gasteiger partial charge in [-0.05, 0) is 12.8 Å². The molecule has 0 aliphatic heterocycles. The van der Waals surface area contributed by atoms with Crippen molar-refractivity contribution >= 4 is 6.47 Å². The van der Waals surface area contributed by atoms with Crippen molar-refractivity contribution in [2.75, 3.05) is 0 Å². The Kier molecular flexibility index (Phi) is 0.348. The zero-order valence-corrected chi connectivity index (χ0v) is 3.89. The Morgan fingerprint density at radius 3 is 2.43 bits per heavy atom. The SMILES string of the molecule is O=COC12CC1C2. The van der Waals surface area contributed by atoms with E-state index >= 15 is 0 Å². The maximum atomic E-state index is 9.66. The molecular weight excluding hydrogens is 92.1 g/mol. The summed E-state index contributed by atoms with van der Waals surface area (Å²) < 4.78 is 4.73. The zero-order chi connectivity index (χ0) is 4.91. The molecule has 2 nitrogen and oxygen atoms in total. The molecule has 0 aromatic rings. The van der Waals surface area contributed by atoms with E-state index in [1.807, 2.05) is 0 Å². The summed E-state index contributed by atoms with van der Waals surface area (Å²) in [6.45, 7) is 0.562. The second-order valence-electron chi connectivity index (χ2n) is 2.38. The predicted octanol–water partition coefficient (Wildman–Crippen LogP) is 0.322. The predicted molar refractivity (Wildman–Crippen MR) is 22.6 cm³/mol. The van der Waals surface area contributed by atoms with Gasteiger partial charge in [-0.15, -0.1) is 0 Å². The van der Waals surface area contributed by atoms with E-state index < -0.39 is 0 Å². The monoisotopic (exact) mass is 98.0 g/mol. The molecule has 0 N–H and O–H groups in total. The Morgan fingerprint density at radius 1 is 1.71 bits per heavy atom. The Bertz CT molecular complexity index is 113. The van der Waals surface area contributed by atoms with Crippen LogP contribution in [0.3, 0.4) is 0 Å². The van der Waals surface area contributed by atoms with Gasteiger partial charge in [-0.3, -0.25) is 4.79 Å². The van der Waals surface area contributed by atoms with Crippen LogP contribution in [0.1, 0.15) is 12.8 Å². The van der Waals surface area contributed by atoms with E-state index in [1.165, 1.54) is 0 Å². The highest BCUT2D eigenvalue weighted by molar-refractivity contribution is 5.43. The lowest BCUT2D eigenvalue weighted by Gasteiger charge is -1.95. The molecule has 38 valence electrons. The van der Waals surface area contributed by atoms with Gasteiger partial charge in [0.05, 0.1) is 0 Å².